The highest BCUT2D eigenvalue weighted by molar-refractivity contribution is 6.37. The van der Waals surface area contributed by atoms with Gasteiger partial charge >= 0.3 is 12.1 Å². The van der Waals surface area contributed by atoms with Crippen LogP contribution in [0.3, 0.4) is 0 Å². The molecule has 2 rings (SSSR count). The van der Waals surface area contributed by atoms with Gasteiger partial charge in [-0.25, -0.2) is 9.59 Å². The third-order valence-corrected chi connectivity index (χ3v) is 4.09. The summed E-state index contributed by atoms with van der Waals surface area (Å²) >= 11 is 12.2. The molecular formula is C20H21Cl2NO5. The van der Waals surface area contributed by atoms with Gasteiger partial charge in [-0.3, -0.25) is 0 Å². The Morgan fingerprint density at radius 1 is 1.07 bits per heavy atom. The summed E-state index contributed by atoms with van der Waals surface area (Å²) in [6.07, 6.45) is -0.699. The third kappa shape index (κ3) is 6.62. The molecule has 0 aliphatic heterocycles. The van der Waals surface area contributed by atoms with Crippen LogP contribution in [0.4, 0.5) is 4.79 Å². The van der Waals surface area contributed by atoms with Gasteiger partial charge in [-0.1, -0.05) is 41.4 Å². The molecule has 2 aromatic carbocycles. The molecular weight excluding hydrogens is 405 g/mol. The maximum atomic E-state index is 11.8. The highest BCUT2D eigenvalue weighted by atomic mass is 35.5. The zero-order valence-corrected chi connectivity index (χ0v) is 17.2. The number of hydrogen-bond acceptors (Lipinski definition) is 4. The Labute approximate surface area is 173 Å². The largest absolute Gasteiger partial charge is 0.480 e. The van der Waals surface area contributed by atoms with Crippen LogP contribution in [0.25, 0.3) is 0 Å². The van der Waals surface area contributed by atoms with E-state index in [1.807, 2.05) is 0 Å². The molecule has 1 atom stereocenters. The Kier molecular flexibility index (Phi) is 7.16. The number of ether oxygens (including phenoxy) is 2. The van der Waals surface area contributed by atoms with Crippen molar-refractivity contribution in [1.29, 1.82) is 0 Å². The van der Waals surface area contributed by atoms with Crippen LogP contribution in [0.5, 0.6) is 11.5 Å². The third-order valence-electron chi connectivity index (χ3n) is 3.49. The fourth-order valence-electron chi connectivity index (χ4n) is 2.28. The van der Waals surface area contributed by atoms with E-state index in [9.17, 15) is 14.7 Å². The summed E-state index contributed by atoms with van der Waals surface area (Å²) in [6.45, 7) is 5.10. The van der Waals surface area contributed by atoms with E-state index in [2.05, 4.69) is 5.32 Å². The number of carboxylic acid groups (broad SMARTS) is 1. The zero-order valence-electron chi connectivity index (χ0n) is 15.7. The van der Waals surface area contributed by atoms with Crippen LogP contribution in [0.1, 0.15) is 26.3 Å². The molecule has 0 unspecified atom stereocenters. The number of carbonyl (C=O) groups is 2. The molecule has 150 valence electrons. The summed E-state index contributed by atoms with van der Waals surface area (Å²) in [6, 6.07) is 10.7. The van der Waals surface area contributed by atoms with Crippen molar-refractivity contribution >= 4 is 35.3 Å². The van der Waals surface area contributed by atoms with Gasteiger partial charge in [0.2, 0.25) is 0 Å². The molecule has 0 aromatic heterocycles. The zero-order chi connectivity index (χ0) is 20.9. The van der Waals surface area contributed by atoms with Gasteiger partial charge in [0.1, 0.15) is 17.4 Å². The van der Waals surface area contributed by atoms with Crippen molar-refractivity contribution in [3.8, 4) is 11.5 Å². The summed E-state index contributed by atoms with van der Waals surface area (Å²) < 4.78 is 10.8. The molecule has 1 amide bonds. The second-order valence-electron chi connectivity index (χ2n) is 7.04. The number of amides is 1. The molecule has 0 aliphatic rings. The van der Waals surface area contributed by atoms with Crippen LogP contribution in [0.2, 0.25) is 10.0 Å². The van der Waals surface area contributed by atoms with Crippen molar-refractivity contribution in [3.05, 3.63) is 58.1 Å². The van der Waals surface area contributed by atoms with Gasteiger partial charge in [0.25, 0.3) is 0 Å². The van der Waals surface area contributed by atoms with Crippen LogP contribution in [-0.4, -0.2) is 28.8 Å². The minimum atomic E-state index is -1.16. The van der Waals surface area contributed by atoms with E-state index in [1.54, 1.807) is 63.2 Å². The van der Waals surface area contributed by atoms with Gasteiger partial charge in [-0.15, -0.1) is 0 Å². The van der Waals surface area contributed by atoms with Crippen molar-refractivity contribution in [2.75, 3.05) is 0 Å². The molecule has 0 radical (unpaired) electrons. The van der Waals surface area contributed by atoms with Gasteiger partial charge in [0.15, 0.2) is 5.75 Å². The number of alkyl carbamates (subject to hydrolysis) is 1. The predicted octanol–water partition coefficient (Wildman–Crippen LogP) is 5.31. The standard InChI is InChI=1S/C20H21Cl2NO5/c1-20(2,3)28-19(26)23-16(18(24)25)11-12-7-9-13(10-8-12)27-17-14(21)5-4-6-15(17)22/h4-10,16H,11H2,1-3H3,(H,23,26)(H,24,25)/t16-/m0/s1. The average molecular weight is 426 g/mol. The number of para-hydroxylation sites is 1. The molecule has 0 saturated carbocycles. The van der Waals surface area contributed by atoms with E-state index in [0.717, 1.165) is 0 Å². The van der Waals surface area contributed by atoms with E-state index >= 15 is 0 Å². The van der Waals surface area contributed by atoms with Crippen molar-refractivity contribution < 1.29 is 24.2 Å². The molecule has 0 spiro atoms. The van der Waals surface area contributed by atoms with Crippen LogP contribution in [0, 0.1) is 0 Å². The lowest BCUT2D eigenvalue weighted by atomic mass is 10.1. The molecule has 0 aliphatic carbocycles. The number of benzene rings is 2. The summed E-state index contributed by atoms with van der Waals surface area (Å²) in [4.78, 5) is 23.3. The number of nitrogens with one attached hydrogen (secondary N) is 1. The highest BCUT2D eigenvalue weighted by Gasteiger charge is 2.24. The van der Waals surface area contributed by atoms with E-state index in [4.69, 9.17) is 32.7 Å². The minimum absolute atomic E-state index is 0.0850. The Bertz CT molecular complexity index is 826. The molecule has 0 bridgehead atoms. The number of aliphatic carboxylic acids is 1. The molecule has 28 heavy (non-hydrogen) atoms. The Morgan fingerprint density at radius 3 is 2.14 bits per heavy atom. The van der Waals surface area contributed by atoms with Gasteiger partial charge in [0, 0.05) is 6.42 Å². The smallest absolute Gasteiger partial charge is 0.408 e. The lowest BCUT2D eigenvalue weighted by Crippen LogP contribution is -2.44. The van der Waals surface area contributed by atoms with Crippen LogP contribution in [0.15, 0.2) is 42.5 Å². The first kappa shape index (κ1) is 21.9. The maximum absolute atomic E-state index is 11.8. The summed E-state index contributed by atoms with van der Waals surface area (Å²) in [5, 5.41) is 12.5. The first-order valence-corrected chi connectivity index (χ1v) is 9.24. The first-order chi connectivity index (χ1) is 13.0. The van der Waals surface area contributed by atoms with Gasteiger partial charge in [0.05, 0.1) is 10.0 Å². The van der Waals surface area contributed by atoms with E-state index < -0.39 is 23.7 Å². The molecule has 8 heteroatoms. The SMILES string of the molecule is CC(C)(C)OC(=O)N[C@@H](Cc1ccc(Oc2c(Cl)cccc2Cl)cc1)C(=O)O. The Balaban J connectivity index is 2.05. The second kappa shape index (κ2) is 9.17. The summed E-state index contributed by atoms with van der Waals surface area (Å²) in [5.74, 6) is -0.326. The number of carboxylic acids is 1. The summed E-state index contributed by atoms with van der Waals surface area (Å²) in [7, 11) is 0. The topological polar surface area (TPSA) is 84.9 Å². The fourth-order valence-corrected chi connectivity index (χ4v) is 2.75. The lowest BCUT2D eigenvalue weighted by Gasteiger charge is -2.22. The fraction of sp³-hybridized carbons (Fsp3) is 0.300. The highest BCUT2D eigenvalue weighted by Crippen LogP contribution is 2.36. The minimum Gasteiger partial charge on any atom is -0.480 e. The van der Waals surface area contributed by atoms with Gasteiger partial charge in [-0.05, 0) is 50.6 Å². The van der Waals surface area contributed by atoms with Crippen LogP contribution >= 0.6 is 23.2 Å². The van der Waals surface area contributed by atoms with Crippen LogP contribution < -0.4 is 10.1 Å². The second-order valence-corrected chi connectivity index (χ2v) is 7.85. The summed E-state index contributed by atoms with van der Waals surface area (Å²) in [5.41, 5.74) is -0.0207. The van der Waals surface area contributed by atoms with Gasteiger partial charge < -0.3 is 19.9 Å². The average Bonchev–Trinajstić information content (AvgIpc) is 2.57. The number of hydrogen-bond donors (Lipinski definition) is 2. The van der Waals surface area contributed by atoms with Gasteiger partial charge in [-0.2, -0.15) is 0 Å². The monoisotopic (exact) mass is 425 g/mol. The normalized spacial score (nSPS) is 12.2. The van der Waals surface area contributed by atoms with Crippen molar-refractivity contribution in [2.24, 2.45) is 0 Å². The molecule has 2 aromatic rings. The Morgan fingerprint density at radius 2 is 1.64 bits per heavy atom. The molecule has 0 saturated heterocycles. The van der Waals surface area contributed by atoms with E-state index in [-0.39, 0.29) is 6.42 Å². The maximum Gasteiger partial charge on any atom is 0.408 e. The van der Waals surface area contributed by atoms with Crippen molar-refractivity contribution in [3.63, 3.8) is 0 Å². The number of carbonyl (C=O) groups excluding carboxylic acids is 1. The van der Waals surface area contributed by atoms with Crippen molar-refractivity contribution in [1.82, 2.24) is 5.32 Å². The quantitative estimate of drug-likeness (QED) is 0.654. The first-order valence-electron chi connectivity index (χ1n) is 8.48. The van der Waals surface area contributed by atoms with Crippen molar-refractivity contribution in [2.45, 2.75) is 38.8 Å². The number of halogens is 2. The molecule has 0 heterocycles. The number of rotatable bonds is 6. The van der Waals surface area contributed by atoms with E-state index in [1.165, 1.54) is 0 Å². The predicted molar refractivity (Wildman–Crippen MR) is 107 cm³/mol. The molecule has 2 N–H and O–H groups in total. The van der Waals surface area contributed by atoms with Crippen LogP contribution in [-0.2, 0) is 16.0 Å². The van der Waals surface area contributed by atoms with E-state index in [0.29, 0.717) is 27.1 Å². The lowest BCUT2D eigenvalue weighted by molar-refractivity contribution is -0.139. The molecule has 6 nitrogen and oxygen atoms in total. The Hall–Kier alpha value is -2.44. The molecule has 0 fully saturated rings.